The largest absolute Gasteiger partial charge is 0.493 e. The lowest BCUT2D eigenvalue weighted by Crippen LogP contribution is -2.19. The fourth-order valence-electron chi connectivity index (χ4n) is 3.03. The Bertz CT molecular complexity index is 1290. The third kappa shape index (κ3) is 3.91. The highest BCUT2D eigenvalue weighted by Crippen LogP contribution is 2.32. The van der Waals surface area contributed by atoms with Gasteiger partial charge in [0.1, 0.15) is 0 Å². The van der Waals surface area contributed by atoms with Gasteiger partial charge in [-0.1, -0.05) is 5.16 Å². The van der Waals surface area contributed by atoms with Crippen molar-refractivity contribution in [3.63, 3.8) is 0 Å². The topological polar surface area (TPSA) is 110 Å². The summed E-state index contributed by atoms with van der Waals surface area (Å²) >= 11 is 0. The molecule has 4 rings (SSSR count). The molecule has 0 unspecified atom stereocenters. The first-order valence-electron chi connectivity index (χ1n) is 9.05. The maximum Gasteiger partial charge on any atom is 0.442 e. The summed E-state index contributed by atoms with van der Waals surface area (Å²) < 4.78 is 56.2. The Morgan fingerprint density at radius 1 is 1.03 bits per heavy atom. The quantitative estimate of drug-likeness (QED) is 0.443. The molecule has 0 saturated heterocycles. The summed E-state index contributed by atoms with van der Waals surface area (Å²) in [5.41, 5.74) is -0.0147. The number of tetrazole rings is 1. The van der Waals surface area contributed by atoms with Crippen molar-refractivity contribution in [1.82, 2.24) is 29.9 Å². The van der Waals surface area contributed by atoms with E-state index in [1.807, 2.05) is 0 Å². The van der Waals surface area contributed by atoms with Gasteiger partial charge in [0.2, 0.25) is 0 Å². The van der Waals surface area contributed by atoms with Crippen molar-refractivity contribution in [3.8, 4) is 28.6 Å². The highest BCUT2D eigenvalue weighted by Gasteiger charge is 2.30. The van der Waals surface area contributed by atoms with Gasteiger partial charge in [0, 0.05) is 5.56 Å². The molecule has 32 heavy (non-hydrogen) atoms. The van der Waals surface area contributed by atoms with Crippen LogP contribution in [0.5, 0.6) is 11.5 Å². The van der Waals surface area contributed by atoms with Crippen LogP contribution in [0.25, 0.3) is 17.1 Å². The van der Waals surface area contributed by atoms with E-state index in [4.69, 9.17) is 14.0 Å². The number of alkyl halides is 3. The molecule has 0 radical (unpaired) electrons. The van der Waals surface area contributed by atoms with Gasteiger partial charge in [-0.25, -0.2) is 9.36 Å². The predicted octanol–water partition coefficient (Wildman–Crippen LogP) is 2.56. The van der Waals surface area contributed by atoms with E-state index in [1.165, 1.54) is 35.6 Å². The molecule has 0 bridgehead atoms. The molecule has 13 heteroatoms. The zero-order valence-corrected chi connectivity index (χ0v) is 16.7. The Balaban J connectivity index is 1.69. The lowest BCUT2D eigenvalue weighted by molar-refractivity contribution is -0.137. The number of methoxy groups -OCH3 is 2. The number of ether oxygens (including phenoxy) is 2. The van der Waals surface area contributed by atoms with Crippen LogP contribution in [-0.4, -0.2) is 44.2 Å². The standard InChI is InChI=1S/C19H15F3N6O4/c1-30-14-8-3-11(9-15(14)31-2)17-24-32-18(29)27(17)10-16-23-25-26-28(16)13-6-4-12(5-7-13)19(20,21)22/h3-9H,10H2,1-2H3. The number of hydrogen-bond acceptors (Lipinski definition) is 8. The molecule has 0 amide bonds. The molecule has 0 saturated carbocycles. The first-order valence-corrected chi connectivity index (χ1v) is 9.05. The second kappa shape index (κ2) is 8.17. The van der Waals surface area contributed by atoms with E-state index in [0.29, 0.717) is 17.1 Å². The van der Waals surface area contributed by atoms with E-state index in [-0.39, 0.29) is 23.9 Å². The fraction of sp³-hybridized carbons (Fsp3) is 0.211. The Labute approximate surface area is 177 Å². The van der Waals surface area contributed by atoms with Crippen molar-refractivity contribution >= 4 is 0 Å². The minimum atomic E-state index is -4.47. The first kappa shape index (κ1) is 21.1. The van der Waals surface area contributed by atoms with Crippen molar-refractivity contribution in [2.45, 2.75) is 12.7 Å². The molecule has 0 aliphatic rings. The minimum absolute atomic E-state index is 0.153. The number of halogens is 3. The number of nitrogens with zero attached hydrogens (tertiary/aromatic N) is 6. The van der Waals surface area contributed by atoms with Crippen LogP contribution < -0.4 is 15.2 Å². The van der Waals surface area contributed by atoms with Crippen molar-refractivity contribution in [2.24, 2.45) is 0 Å². The lowest BCUT2D eigenvalue weighted by Gasteiger charge is -2.10. The second-order valence-corrected chi connectivity index (χ2v) is 6.48. The van der Waals surface area contributed by atoms with Gasteiger partial charge < -0.3 is 9.47 Å². The van der Waals surface area contributed by atoms with Crippen LogP contribution in [0.4, 0.5) is 13.2 Å². The molecular formula is C19H15F3N6O4. The summed E-state index contributed by atoms with van der Waals surface area (Å²) in [7, 11) is 2.96. The van der Waals surface area contributed by atoms with Crippen LogP contribution in [0.1, 0.15) is 11.4 Å². The molecule has 0 N–H and O–H groups in total. The molecular weight excluding hydrogens is 433 g/mol. The number of benzene rings is 2. The molecule has 166 valence electrons. The van der Waals surface area contributed by atoms with Crippen LogP contribution in [-0.2, 0) is 12.7 Å². The molecule has 0 fully saturated rings. The molecule has 4 aromatic rings. The third-order valence-corrected chi connectivity index (χ3v) is 4.60. The number of rotatable bonds is 6. The minimum Gasteiger partial charge on any atom is -0.493 e. The molecule has 2 aromatic carbocycles. The van der Waals surface area contributed by atoms with Gasteiger partial charge in [-0.2, -0.15) is 17.9 Å². The number of aromatic nitrogens is 6. The average molecular weight is 448 g/mol. The summed E-state index contributed by atoms with van der Waals surface area (Å²) in [6.45, 7) is -0.153. The summed E-state index contributed by atoms with van der Waals surface area (Å²) in [5, 5.41) is 15.1. The third-order valence-electron chi connectivity index (χ3n) is 4.60. The smallest absolute Gasteiger partial charge is 0.442 e. The summed E-state index contributed by atoms with van der Waals surface area (Å²) in [6, 6.07) is 9.22. The number of hydrogen-bond donors (Lipinski definition) is 0. The maximum atomic E-state index is 12.8. The predicted molar refractivity (Wildman–Crippen MR) is 103 cm³/mol. The van der Waals surface area contributed by atoms with E-state index < -0.39 is 17.5 Å². The summed E-state index contributed by atoms with van der Waals surface area (Å²) in [5.74, 6) is 0.493. The Morgan fingerprint density at radius 2 is 1.75 bits per heavy atom. The lowest BCUT2D eigenvalue weighted by atomic mass is 10.2. The highest BCUT2D eigenvalue weighted by atomic mass is 19.4. The van der Waals surface area contributed by atoms with Crippen molar-refractivity contribution in [2.75, 3.05) is 14.2 Å². The van der Waals surface area contributed by atoms with E-state index in [2.05, 4.69) is 20.7 Å². The van der Waals surface area contributed by atoms with E-state index in [0.717, 1.165) is 12.1 Å². The van der Waals surface area contributed by atoms with Gasteiger partial charge in [0.05, 0.1) is 32.0 Å². The zero-order chi connectivity index (χ0) is 22.9. The van der Waals surface area contributed by atoms with Gasteiger partial charge in [-0.3, -0.25) is 4.52 Å². The Kier molecular flexibility index (Phi) is 5.38. The first-order chi connectivity index (χ1) is 15.3. The van der Waals surface area contributed by atoms with E-state index >= 15 is 0 Å². The second-order valence-electron chi connectivity index (χ2n) is 6.48. The maximum absolute atomic E-state index is 12.8. The van der Waals surface area contributed by atoms with Crippen LogP contribution in [0.15, 0.2) is 51.8 Å². The van der Waals surface area contributed by atoms with Gasteiger partial charge in [-0.15, -0.1) is 5.10 Å². The monoisotopic (exact) mass is 448 g/mol. The molecule has 10 nitrogen and oxygen atoms in total. The van der Waals surface area contributed by atoms with Gasteiger partial charge in [-0.05, 0) is 52.9 Å². The SMILES string of the molecule is COc1ccc(-c2noc(=O)n2Cc2nnnn2-c2ccc(C(F)(F)F)cc2)cc1OC. The summed E-state index contributed by atoms with van der Waals surface area (Å²) in [6.07, 6.45) is -4.47. The van der Waals surface area contributed by atoms with Crippen LogP contribution in [0.3, 0.4) is 0 Å². The van der Waals surface area contributed by atoms with Crippen LogP contribution >= 0.6 is 0 Å². The van der Waals surface area contributed by atoms with Crippen molar-refractivity contribution in [1.29, 1.82) is 0 Å². The summed E-state index contributed by atoms with van der Waals surface area (Å²) in [4.78, 5) is 12.3. The van der Waals surface area contributed by atoms with Crippen LogP contribution in [0.2, 0.25) is 0 Å². The normalized spacial score (nSPS) is 11.5. The fourth-order valence-corrected chi connectivity index (χ4v) is 3.03. The Hall–Kier alpha value is -4.16. The molecule has 0 atom stereocenters. The highest BCUT2D eigenvalue weighted by molar-refractivity contribution is 5.61. The van der Waals surface area contributed by atoms with E-state index in [9.17, 15) is 18.0 Å². The van der Waals surface area contributed by atoms with Crippen molar-refractivity contribution in [3.05, 3.63) is 64.4 Å². The molecule has 0 aliphatic heterocycles. The van der Waals surface area contributed by atoms with Gasteiger partial charge >= 0.3 is 11.9 Å². The van der Waals surface area contributed by atoms with Crippen molar-refractivity contribution < 1.29 is 27.2 Å². The molecule has 0 aliphatic carbocycles. The zero-order valence-electron chi connectivity index (χ0n) is 16.7. The van der Waals surface area contributed by atoms with Gasteiger partial charge in [0.15, 0.2) is 23.1 Å². The Morgan fingerprint density at radius 3 is 2.41 bits per heavy atom. The molecule has 0 spiro atoms. The molecule has 2 heterocycles. The molecule has 2 aromatic heterocycles. The van der Waals surface area contributed by atoms with Gasteiger partial charge in [0.25, 0.3) is 0 Å². The van der Waals surface area contributed by atoms with E-state index in [1.54, 1.807) is 18.2 Å². The average Bonchev–Trinajstić information content (AvgIpc) is 3.40. The van der Waals surface area contributed by atoms with Crippen LogP contribution in [0, 0.1) is 0 Å².